The molecule has 3 aromatic rings. The number of hydrogen-bond donors (Lipinski definition) is 3. The molecule has 3 N–H and O–H groups in total. The van der Waals surface area contributed by atoms with Gasteiger partial charge >= 0.3 is 0 Å². The second kappa shape index (κ2) is 5.25. The molecule has 3 rings (SSSR count). The first-order valence-corrected chi connectivity index (χ1v) is 6.33. The molecule has 2 aromatic heterocycles. The Bertz CT molecular complexity index is 849. The van der Waals surface area contributed by atoms with Crippen LogP contribution in [-0.4, -0.2) is 31.3 Å². The van der Waals surface area contributed by atoms with E-state index < -0.39 is 0 Å². The van der Waals surface area contributed by atoms with Crippen molar-refractivity contribution in [1.29, 1.82) is 0 Å². The van der Waals surface area contributed by atoms with E-state index in [1.807, 2.05) is 0 Å². The van der Waals surface area contributed by atoms with Gasteiger partial charge in [0, 0.05) is 11.6 Å². The molecule has 0 atom stereocenters. The van der Waals surface area contributed by atoms with Crippen LogP contribution in [-0.2, 0) is 0 Å². The summed E-state index contributed by atoms with van der Waals surface area (Å²) in [5, 5.41) is 29.8. The Morgan fingerprint density at radius 2 is 2.19 bits per heavy atom. The lowest BCUT2D eigenvalue weighted by atomic mass is 10.2. The summed E-state index contributed by atoms with van der Waals surface area (Å²) < 4.78 is 6.92. The summed E-state index contributed by atoms with van der Waals surface area (Å²) in [6.45, 7) is 0. The summed E-state index contributed by atoms with van der Waals surface area (Å²) in [5.74, 6) is 0.808. The molecule has 0 saturated heterocycles. The van der Waals surface area contributed by atoms with E-state index in [9.17, 15) is 10.2 Å². The second-order valence-corrected chi connectivity index (χ2v) is 4.52. The molecule has 1 aromatic carbocycles. The van der Waals surface area contributed by atoms with Gasteiger partial charge in [-0.25, -0.2) is 5.10 Å². The number of rotatable bonds is 3. The van der Waals surface area contributed by atoms with Crippen LogP contribution in [0, 0.1) is 4.77 Å². The number of nitrogens with zero attached hydrogens (tertiary/aromatic N) is 3. The minimum Gasteiger partial charge on any atom is -0.508 e. The zero-order valence-corrected chi connectivity index (χ0v) is 11.4. The summed E-state index contributed by atoms with van der Waals surface area (Å²) in [6, 6.07) is 7.67. The maximum atomic E-state index is 9.71. The van der Waals surface area contributed by atoms with Crippen molar-refractivity contribution in [1.82, 2.24) is 14.9 Å². The van der Waals surface area contributed by atoms with Crippen LogP contribution < -0.4 is 0 Å². The zero-order chi connectivity index (χ0) is 14.8. The Hall–Kier alpha value is -2.87. The van der Waals surface area contributed by atoms with Gasteiger partial charge in [0.15, 0.2) is 5.76 Å². The van der Waals surface area contributed by atoms with Gasteiger partial charge in [-0.15, -0.1) is 5.10 Å². The van der Waals surface area contributed by atoms with Crippen molar-refractivity contribution in [3.8, 4) is 23.1 Å². The lowest BCUT2D eigenvalue weighted by Crippen LogP contribution is -1.94. The molecule has 0 amide bonds. The van der Waals surface area contributed by atoms with E-state index in [1.54, 1.807) is 12.1 Å². The normalized spacial score (nSPS) is 11.2. The molecule has 0 fully saturated rings. The molecule has 0 saturated carbocycles. The Morgan fingerprint density at radius 3 is 2.90 bits per heavy atom. The van der Waals surface area contributed by atoms with Crippen molar-refractivity contribution >= 4 is 18.4 Å². The predicted octanol–water partition coefficient (Wildman–Crippen LogP) is 2.49. The van der Waals surface area contributed by atoms with Gasteiger partial charge < -0.3 is 14.6 Å². The van der Waals surface area contributed by atoms with E-state index in [1.165, 1.54) is 35.4 Å². The van der Waals surface area contributed by atoms with Crippen LogP contribution in [0.4, 0.5) is 0 Å². The number of nitrogens with one attached hydrogen (secondary N) is 1. The van der Waals surface area contributed by atoms with Gasteiger partial charge in [0.2, 0.25) is 10.6 Å². The summed E-state index contributed by atoms with van der Waals surface area (Å²) in [6.07, 6.45) is 2.93. The van der Waals surface area contributed by atoms with Crippen LogP contribution in [0.3, 0.4) is 0 Å². The van der Waals surface area contributed by atoms with Gasteiger partial charge in [-0.2, -0.15) is 9.78 Å². The second-order valence-electron chi connectivity index (χ2n) is 4.13. The molecule has 21 heavy (non-hydrogen) atoms. The van der Waals surface area contributed by atoms with Crippen molar-refractivity contribution in [2.24, 2.45) is 5.10 Å². The molecule has 2 heterocycles. The van der Waals surface area contributed by atoms with Gasteiger partial charge in [0.25, 0.3) is 0 Å². The maximum absolute atomic E-state index is 9.71. The number of phenols is 2. The number of H-pyrrole nitrogens is 1. The van der Waals surface area contributed by atoms with E-state index in [0.29, 0.717) is 17.1 Å². The topological polar surface area (TPSA) is 99.6 Å². The van der Waals surface area contributed by atoms with Crippen molar-refractivity contribution < 1.29 is 14.6 Å². The molecule has 0 radical (unpaired) electrons. The fourth-order valence-electron chi connectivity index (χ4n) is 1.73. The third kappa shape index (κ3) is 2.56. The van der Waals surface area contributed by atoms with E-state index in [2.05, 4.69) is 15.3 Å². The number of hydrogen-bond acceptors (Lipinski definition) is 6. The quantitative estimate of drug-likeness (QED) is 0.510. The highest BCUT2D eigenvalue weighted by Crippen LogP contribution is 2.21. The molecular weight excluding hydrogens is 292 g/mol. The highest BCUT2D eigenvalue weighted by molar-refractivity contribution is 7.71. The van der Waals surface area contributed by atoms with E-state index >= 15 is 0 Å². The van der Waals surface area contributed by atoms with Crippen LogP contribution >= 0.6 is 12.2 Å². The van der Waals surface area contributed by atoms with Gasteiger partial charge in [-0.3, -0.25) is 0 Å². The molecule has 0 aliphatic heterocycles. The minimum absolute atomic E-state index is 0.0270. The summed E-state index contributed by atoms with van der Waals surface area (Å²) in [5.41, 5.74) is 0.432. The van der Waals surface area contributed by atoms with E-state index in [-0.39, 0.29) is 16.3 Å². The Morgan fingerprint density at radius 1 is 1.33 bits per heavy atom. The lowest BCUT2D eigenvalue weighted by molar-refractivity contribution is 0.450. The molecule has 8 heteroatoms. The highest BCUT2D eigenvalue weighted by Gasteiger charge is 2.10. The maximum Gasteiger partial charge on any atom is 0.219 e. The van der Waals surface area contributed by atoms with Crippen molar-refractivity contribution in [3.05, 3.63) is 46.9 Å². The van der Waals surface area contributed by atoms with Crippen LogP contribution in [0.5, 0.6) is 11.5 Å². The number of aromatic hydroxyl groups is 2. The van der Waals surface area contributed by atoms with Crippen molar-refractivity contribution in [3.63, 3.8) is 0 Å². The summed E-state index contributed by atoms with van der Waals surface area (Å²) in [4.78, 5) is 0. The van der Waals surface area contributed by atoms with Gasteiger partial charge in [0.05, 0.1) is 12.5 Å². The molecule has 106 valence electrons. The standard InChI is InChI=1S/C13H10N4O3S/c18-9-4-3-8(10(19)6-9)7-14-17-12(15-16-13(17)21)11-2-1-5-20-11/h1-7,18-19H,(H,16,21)/b14-7+. The van der Waals surface area contributed by atoms with Crippen LogP contribution in [0.1, 0.15) is 5.56 Å². The van der Waals surface area contributed by atoms with Crippen molar-refractivity contribution in [2.75, 3.05) is 0 Å². The number of aromatic amines is 1. The average molecular weight is 302 g/mol. The van der Waals surface area contributed by atoms with Gasteiger partial charge in [0.1, 0.15) is 11.5 Å². The molecule has 0 unspecified atom stereocenters. The number of benzene rings is 1. The third-order valence-electron chi connectivity index (χ3n) is 2.72. The molecule has 0 spiro atoms. The number of furan rings is 1. The summed E-state index contributed by atoms with van der Waals surface area (Å²) in [7, 11) is 0. The zero-order valence-electron chi connectivity index (χ0n) is 10.6. The van der Waals surface area contributed by atoms with Gasteiger partial charge in [-0.1, -0.05) is 0 Å². The van der Waals surface area contributed by atoms with Crippen LogP contribution in [0.15, 0.2) is 46.1 Å². The van der Waals surface area contributed by atoms with Crippen LogP contribution in [0.25, 0.3) is 11.6 Å². The fraction of sp³-hybridized carbons (Fsp3) is 0. The first-order chi connectivity index (χ1) is 10.1. The van der Waals surface area contributed by atoms with E-state index in [0.717, 1.165) is 0 Å². The van der Waals surface area contributed by atoms with Crippen molar-refractivity contribution in [2.45, 2.75) is 0 Å². The number of aromatic nitrogens is 3. The Kier molecular flexibility index (Phi) is 3.28. The highest BCUT2D eigenvalue weighted by atomic mass is 32.1. The van der Waals surface area contributed by atoms with Crippen LogP contribution in [0.2, 0.25) is 0 Å². The largest absolute Gasteiger partial charge is 0.508 e. The molecule has 7 nitrogen and oxygen atoms in total. The molecule has 0 aliphatic rings. The predicted molar refractivity (Wildman–Crippen MR) is 77.9 cm³/mol. The van der Waals surface area contributed by atoms with Gasteiger partial charge in [-0.05, 0) is 36.5 Å². The van der Waals surface area contributed by atoms with E-state index in [4.69, 9.17) is 16.6 Å². The first kappa shape index (κ1) is 13.1. The molecule has 0 aliphatic carbocycles. The number of phenolic OH excluding ortho intramolecular Hbond substituents is 2. The summed E-state index contributed by atoms with van der Waals surface area (Å²) >= 11 is 5.10. The minimum atomic E-state index is -0.0895. The molecule has 0 bridgehead atoms. The lowest BCUT2D eigenvalue weighted by Gasteiger charge is -2.00. The average Bonchev–Trinajstić information content (AvgIpc) is 3.08. The SMILES string of the molecule is Oc1ccc(/C=N/n2c(-c3ccco3)n[nH]c2=S)c(O)c1. The Labute approximate surface area is 123 Å². The third-order valence-corrected chi connectivity index (χ3v) is 2.98. The smallest absolute Gasteiger partial charge is 0.219 e. The molecular formula is C13H10N4O3S. The monoisotopic (exact) mass is 302 g/mol. The first-order valence-electron chi connectivity index (χ1n) is 5.93. The fourth-order valence-corrected chi connectivity index (χ4v) is 1.90. The Balaban J connectivity index is 2.00.